The Morgan fingerprint density at radius 1 is 1.40 bits per heavy atom. The van der Waals surface area contributed by atoms with E-state index in [0.717, 1.165) is 18.8 Å². The third kappa shape index (κ3) is 3.20. The summed E-state index contributed by atoms with van der Waals surface area (Å²) in [6, 6.07) is 10.3. The van der Waals surface area contributed by atoms with Crippen molar-refractivity contribution in [2.75, 3.05) is 13.7 Å². The fraction of sp³-hybridized carbons (Fsp3) is 0.429. The highest BCUT2D eigenvalue weighted by Crippen LogP contribution is 2.25. The van der Waals surface area contributed by atoms with Crippen LogP contribution in [-0.4, -0.2) is 29.9 Å². The molecule has 1 N–H and O–H groups in total. The monoisotopic (exact) mass is 291 g/mol. The summed E-state index contributed by atoms with van der Waals surface area (Å²) in [6.07, 6.45) is 1.11. The molecule has 1 fully saturated rings. The summed E-state index contributed by atoms with van der Waals surface area (Å²) in [7, 11) is 1.73. The summed E-state index contributed by atoms with van der Waals surface area (Å²) in [5.74, 6) is 2.11. The van der Waals surface area contributed by atoms with E-state index in [1.165, 1.54) is 4.90 Å². The number of aromatic nitrogens is 2. The van der Waals surface area contributed by atoms with Crippen LogP contribution in [0.1, 0.15) is 24.2 Å². The van der Waals surface area contributed by atoms with Crippen molar-refractivity contribution < 1.29 is 9.26 Å². The van der Waals surface area contributed by atoms with Crippen molar-refractivity contribution >= 4 is 11.8 Å². The second kappa shape index (κ2) is 6.39. The number of methoxy groups -OCH3 is 1. The van der Waals surface area contributed by atoms with Crippen molar-refractivity contribution in [3.63, 3.8) is 0 Å². The van der Waals surface area contributed by atoms with Gasteiger partial charge in [-0.15, -0.1) is 11.8 Å². The van der Waals surface area contributed by atoms with Crippen molar-refractivity contribution in [1.29, 1.82) is 0 Å². The maximum Gasteiger partial charge on any atom is 0.243 e. The van der Waals surface area contributed by atoms with Crippen molar-refractivity contribution in [1.82, 2.24) is 15.5 Å². The third-order valence-electron chi connectivity index (χ3n) is 3.32. The van der Waals surface area contributed by atoms with Crippen molar-refractivity contribution in [3.8, 4) is 0 Å². The molecule has 3 rings (SSSR count). The van der Waals surface area contributed by atoms with Crippen molar-refractivity contribution in [2.45, 2.75) is 29.2 Å². The second-order valence-electron chi connectivity index (χ2n) is 4.70. The maximum atomic E-state index is 5.34. The normalized spacial score (nSPS) is 22.2. The van der Waals surface area contributed by atoms with E-state index in [4.69, 9.17) is 9.26 Å². The molecule has 2 heterocycles. The Kier molecular flexibility index (Phi) is 4.34. The molecule has 0 unspecified atom stereocenters. The molecule has 0 bridgehead atoms. The van der Waals surface area contributed by atoms with Gasteiger partial charge >= 0.3 is 0 Å². The third-order valence-corrected chi connectivity index (χ3v) is 4.32. The molecule has 6 heteroatoms. The van der Waals surface area contributed by atoms with Gasteiger partial charge in [-0.05, 0) is 18.6 Å². The lowest BCUT2D eigenvalue weighted by Gasteiger charge is -2.04. The predicted molar refractivity (Wildman–Crippen MR) is 76.5 cm³/mol. The van der Waals surface area contributed by atoms with Crippen LogP contribution in [0.5, 0.6) is 0 Å². The van der Waals surface area contributed by atoms with E-state index < -0.39 is 0 Å². The quantitative estimate of drug-likeness (QED) is 0.854. The number of hydrogen-bond acceptors (Lipinski definition) is 6. The fourth-order valence-corrected chi connectivity index (χ4v) is 2.97. The molecule has 0 amide bonds. The van der Waals surface area contributed by atoms with Gasteiger partial charge in [-0.3, -0.25) is 0 Å². The summed E-state index contributed by atoms with van der Waals surface area (Å²) in [4.78, 5) is 5.67. The molecule has 1 saturated heterocycles. The number of nitrogens with zero attached hydrogens (tertiary/aromatic N) is 2. The number of benzene rings is 1. The molecule has 0 aliphatic carbocycles. The molecule has 0 spiro atoms. The Balaban J connectivity index is 1.57. The van der Waals surface area contributed by atoms with Crippen LogP contribution in [0.15, 0.2) is 39.8 Å². The van der Waals surface area contributed by atoms with E-state index >= 15 is 0 Å². The number of ether oxygens (including phenoxy) is 1. The summed E-state index contributed by atoms with van der Waals surface area (Å²) >= 11 is 1.70. The molecule has 5 nitrogen and oxygen atoms in total. The van der Waals surface area contributed by atoms with E-state index in [1.54, 1.807) is 18.9 Å². The second-order valence-corrected chi connectivity index (χ2v) is 5.75. The van der Waals surface area contributed by atoms with Crippen LogP contribution in [0.2, 0.25) is 0 Å². The summed E-state index contributed by atoms with van der Waals surface area (Å²) in [5, 5.41) is 7.37. The molecular weight excluding hydrogens is 274 g/mol. The van der Waals surface area contributed by atoms with Crippen molar-refractivity contribution in [3.05, 3.63) is 42.0 Å². The zero-order valence-corrected chi connectivity index (χ0v) is 12.1. The minimum absolute atomic E-state index is 0.114. The van der Waals surface area contributed by atoms with Gasteiger partial charge in [-0.25, -0.2) is 0 Å². The standard InChI is InChI=1S/C14H17N3O2S/c1-18-10-7-12(15-8-10)14-16-13(17-19-14)9-20-11-5-3-2-4-6-11/h2-6,10,12,15H,7-9H2,1H3/t10-,12+/m0/s1. The Bertz CT molecular complexity index is 546. The Morgan fingerprint density at radius 3 is 3.00 bits per heavy atom. The van der Waals surface area contributed by atoms with E-state index in [0.29, 0.717) is 11.6 Å². The summed E-state index contributed by atoms with van der Waals surface area (Å²) < 4.78 is 10.7. The molecule has 0 saturated carbocycles. The Labute approximate surface area is 122 Å². The van der Waals surface area contributed by atoms with E-state index in [1.807, 2.05) is 18.2 Å². The molecule has 106 valence electrons. The Morgan fingerprint density at radius 2 is 2.25 bits per heavy atom. The number of thioether (sulfide) groups is 1. The lowest BCUT2D eigenvalue weighted by Crippen LogP contribution is -2.16. The van der Waals surface area contributed by atoms with Crippen LogP contribution in [0.25, 0.3) is 0 Å². The minimum Gasteiger partial charge on any atom is -0.380 e. The largest absolute Gasteiger partial charge is 0.380 e. The van der Waals surface area contributed by atoms with Gasteiger partial charge in [0.1, 0.15) is 0 Å². The zero-order valence-electron chi connectivity index (χ0n) is 11.3. The number of nitrogens with one attached hydrogen (secondary N) is 1. The van der Waals surface area contributed by atoms with E-state index in [-0.39, 0.29) is 12.1 Å². The van der Waals surface area contributed by atoms with Gasteiger partial charge in [0.05, 0.1) is 17.9 Å². The minimum atomic E-state index is 0.114. The van der Waals surface area contributed by atoms with Crippen LogP contribution in [-0.2, 0) is 10.5 Å². The SMILES string of the molecule is CO[C@@H]1CN[C@@H](c2nc(CSc3ccccc3)no2)C1. The highest BCUT2D eigenvalue weighted by atomic mass is 32.2. The average molecular weight is 291 g/mol. The summed E-state index contributed by atoms with van der Waals surface area (Å²) in [6.45, 7) is 0.831. The maximum absolute atomic E-state index is 5.34. The Hall–Kier alpha value is -1.37. The van der Waals surface area contributed by atoms with Gasteiger partial charge < -0.3 is 14.6 Å². The molecule has 2 atom stereocenters. The highest BCUT2D eigenvalue weighted by Gasteiger charge is 2.29. The molecule has 1 aliphatic rings. The van der Waals surface area contributed by atoms with Crippen LogP contribution in [0, 0.1) is 0 Å². The van der Waals surface area contributed by atoms with Gasteiger partial charge in [0.15, 0.2) is 5.82 Å². The van der Waals surface area contributed by atoms with Gasteiger partial charge in [0.2, 0.25) is 5.89 Å². The first-order valence-electron chi connectivity index (χ1n) is 6.61. The lowest BCUT2D eigenvalue weighted by molar-refractivity contribution is 0.116. The summed E-state index contributed by atoms with van der Waals surface area (Å²) in [5.41, 5.74) is 0. The van der Waals surface area contributed by atoms with Gasteiger partial charge in [0.25, 0.3) is 0 Å². The number of hydrogen-bond donors (Lipinski definition) is 1. The molecular formula is C14H17N3O2S. The first-order chi connectivity index (χ1) is 9.85. The first kappa shape index (κ1) is 13.6. The molecule has 1 aliphatic heterocycles. The predicted octanol–water partition coefficient (Wildman–Crippen LogP) is 2.41. The van der Waals surface area contributed by atoms with Crippen molar-refractivity contribution in [2.24, 2.45) is 0 Å². The average Bonchev–Trinajstić information content (AvgIpc) is 3.15. The van der Waals surface area contributed by atoms with Gasteiger partial charge in [-0.2, -0.15) is 4.98 Å². The van der Waals surface area contributed by atoms with Gasteiger partial charge in [-0.1, -0.05) is 23.4 Å². The highest BCUT2D eigenvalue weighted by molar-refractivity contribution is 7.98. The van der Waals surface area contributed by atoms with Crippen LogP contribution < -0.4 is 5.32 Å². The smallest absolute Gasteiger partial charge is 0.243 e. The van der Waals surface area contributed by atoms with Crippen LogP contribution >= 0.6 is 11.8 Å². The molecule has 2 aromatic rings. The van der Waals surface area contributed by atoms with E-state index in [9.17, 15) is 0 Å². The number of rotatable bonds is 5. The molecule has 1 aromatic heterocycles. The topological polar surface area (TPSA) is 60.2 Å². The lowest BCUT2D eigenvalue weighted by atomic mass is 10.2. The molecule has 20 heavy (non-hydrogen) atoms. The van der Waals surface area contributed by atoms with Crippen LogP contribution in [0.3, 0.4) is 0 Å². The van der Waals surface area contributed by atoms with Gasteiger partial charge in [0, 0.05) is 18.6 Å². The molecule has 1 aromatic carbocycles. The molecule has 0 radical (unpaired) electrons. The fourth-order valence-electron chi connectivity index (χ4n) is 2.20. The van der Waals surface area contributed by atoms with Crippen LogP contribution in [0.4, 0.5) is 0 Å². The zero-order chi connectivity index (χ0) is 13.8. The van der Waals surface area contributed by atoms with E-state index in [2.05, 4.69) is 27.6 Å². The first-order valence-corrected chi connectivity index (χ1v) is 7.60.